The lowest BCUT2D eigenvalue weighted by molar-refractivity contribution is 0.534. The Morgan fingerprint density at radius 2 is 1.09 bits per heavy atom. The second-order valence-corrected chi connectivity index (χ2v) is 2.21. The predicted octanol–water partition coefficient (Wildman–Crippen LogP) is 1.34. The van der Waals surface area contributed by atoms with Crippen LogP contribution in [0.3, 0.4) is 0 Å². The molecule has 11 heavy (non-hydrogen) atoms. The number of halogens is 1. The summed E-state index contributed by atoms with van der Waals surface area (Å²) in [5.74, 6) is 0. The molecule has 1 rings (SSSR count). The minimum Gasteiger partial charge on any atom is -0.344 e. The van der Waals surface area contributed by atoms with E-state index >= 15 is 0 Å². The molecule has 0 bridgehead atoms. The second-order valence-electron chi connectivity index (χ2n) is 2.21. The molecule has 0 aromatic carbocycles. The molecule has 1 heterocycles. The molecule has 0 spiro atoms. The van der Waals surface area contributed by atoms with Crippen molar-refractivity contribution in [2.24, 2.45) is 0 Å². The van der Waals surface area contributed by atoms with Crippen LogP contribution in [0.2, 0.25) is 0 Å². The van der Waals surface area contributed by atoms with Gasteiger partial charge in [0, 0.05) is 26.2 Å². The Labute approximate surface area is 80.7 Å². The van der Waals surface area contributed by atoms with E-state index in [2.05, 4.69) is 24.5 Å². The smallest absolute Gasteiger partial charge is 0.00772 e. The van der Waals surface area contributed by atoms with Crippen molar-refractivity contribution in [1.82, 2.24) is 16.8 Å². The summed E-state index contributed by atoms with van der Waals surface area (Å²) in [4.78, 5) is 0. The van der Waals surface area contributed by atoms with Gasteiger partial charge in [0.25, 0.3) is 0 Å². The Balaban J connectivity index is -0.000000116. The third kappa shape index (κ3) is 17.9. The van der Waals surface area contributed by atoms with Gasteiger partial charge in [0.1, 0.15) is 0 Å². The summed E-state index contributed by atoms with van der Waals surface area (Å²) in [6, 6.07) is 0. The van der Waals surface area contributed by atoms with Gasteiger partial charge in [-0.05, 0) is 0 Å². The molecule has 0 amide bonds. The summed E-state index contributed by atoms with van der Waals surface area (Å²) in [5.41, 5.74) is 0. The van der Waals surface area contributed by atoms with Crippen LogP contribution in [0.1, 0.15) is 20.3 Å². The maximum Gasteiger partial charge on any atom is 0.00772 e. The molecule has 1 fully saturated rings. The number of piperazine rings is 1. The van der Waals surface area contributed by atoms with Crippen molar-refractivity contribution in [2.75, 3.05) is 26.2 Å². The Bertz CT molecular complexity index is 37.4. The van der Waals surface area contributed by atoms with E-state index in [4.69, 9.17) is 0 Å². The molecule has 0 unspecified atom stereocenters. The SMILES string of the molecule is Br.C1CNCCN1.CCC.N. The highest BCUT2D eigenvalue weighted by Crippen LogP contribution is 1.65. The van der Waals surface area contributed by atoms with Gasteiger partial charge in [0.2, 0.25) is 0 Å². The summed E-state index contributed by atoms with van der Waals surface area (Å²) < 4.78 is 0. The number of rotatable bonds is 0. The lowest BCUT2D eigenvalue weighted by Crippen LogP contribution is -2.39. The molecule has 0 aliphatic carbocycles. The molecule has 1 saturated heterocycles. The molecule has 0 radical (unpaired) electrons. The molecule has 1 aliphatic rings. The highest BCUT2D eigenvalue weighted by Gasteiger charge is 1.91. The van der Waals surface area contributed by atoms with Crippen LogP contribution < -0.4 is 16.8 Å². The monoisotopic (exact) mass is 227 g/mol. The van der Waals surface area contributed by atoms with Gasteiger partial charge in [0.05, 0.1) is 0 Å². The van der Waals surface area contributed by atoms with Crippen LogP contribution in [0, 0.1) is 0 Å². The first kappa shape index (κ1) is 17.4. The highest BCUT2D eigenvalue weighted by molar-refractivity contribution is 8.93. The molecule has 4 heteroatoms. The topological polar surface area (TPSA) is 59.1 Å². The zero-order valence-electron chi connectivity index (χ0n) is 7.65. The molecule has 0 atom stereocenters. The van der Waals surface area contributed by atoms with Gasteiger partial charge in [-0.25, -0.2) is 0 Å². The first-order valence-corrected chi connectivity index (χ1v) is 3.83. The molecular weight excluding hydrogens is 206 g/mol. The molecular formula is C7H22BrN3. The second kappa shape index (κ2) is 16.8. The first-order valence-electron chi connectivity index (χ1n) is 3.83. The average molecular weight is 228 g/mol. The zero-order valence-corrected chi connectivity index (χ0v) is 9.36. The molecule has 3 nitrogen and oxygen atoms in total. The predicted molar refractivity (Wildman–Crippen MR) is 57.0 cm³/mol. The van der Waals surface area contributed by atoms with Gasteiger partial charge in [0.15, 0.2) is 0 Å². The van der Waals surface area contributed by atoms with E-state index < -0.39 is 0 Å². The van der Waals surface area contributed by atoms with E-state index in [0.29, 0.717) is 0 Å². The van der Waals surface area contributed by atoms with Crippen molar-refractivity contribution in [3.63, 3.8) is 0 Å². The number of nitrogens with one attached hydrogen (secondary N) is 2. The molecule has 1 aliphatic heterocycles. The third-order valence-electron chi connectivity index (χ3n) is 0.957. The van der Waals surface area contributed by atoms with Gasteiger partial charge in [-0.15, -0.1) is 17.0 Å². The van der Waals surface area contributed by atoms with Crippen molar-refractivity contribution in [3.8, 4) is 0 Å². The van der Waals surface area contributed by atoms with Crippen LogP contribution >= 0.6 is 17.0 Å². The fourth-order valence-corrected chi connectivity index (χ4v) is 0.604. The first-order chi connectivity index (χ1) is 4.41. The summed E-state index contributed by atoms with van der Waals surface area (Å²) in [6.45, 7) is 8.81. The van der Waals surface area contributed by atoms with Crippen molar-refractivity contribution < 1.29 is 0 Å². The zero-order chi connectivity index (χ0) is 6.95. The maximum atomic E-state index is 3.22. The van der Waals surface area contributed by atoms with Crippen LogP contribution in [0.15, 0.2) is 0 Å². The van der Waals surface area contributed by atoms with E-state index in [1.54, 1.807) is 0 Å². The quantitative estimate of drug-likeness (QED) is 0.586. The van der Waals surface area contributed by atoms with Gasteiger partial charge in [-0.3, -0.25) is 0 Å². The Morgan fingerprint density at radius 3 is 1.18 bits per heavy atom. The minimum absolute atomic E-state index is 0. The van der Waals surface area contributed by atoms with Gasteiger partial charge in [-0.2, -0.15) is 0 Å². The number of hydrogen-bond donors (Lipinski definition) is 3. The van der Waals surface area contributed by atoms with E-state index in [1.165, 1.54) is 6.42 Å². The lowest BCUT2D eigenvalue weighted by Gasteiger charge is -2.11. The van der Waals surface area contributed by atoms with E-state index in [9.17, 15) is 0 Å². The molecule has 0 aromatic heterocycles. The van der Waals surface area contributed by atoms with Gasteiger partial charge in [-0.1, -0.05) is 20.3 Å². The van der Waals surface area contributed by atoms with Crippen LogP contribution in [0.4, 0.5) is 0 Å². The maximum absolute atomic E-state index is 3.22. The molecule has 0 saturated carbocycles. The Morgan fingerprint density at radius 1 is 0.909 bits per heavy atom. The Kier molecular flexibility index (Phi) is 26.6. The minimum atomic E-state index is 0. The molecule has 5 N–H and O–H groups in total. The van der Waals surface area contributed by atoms with Crippen LogP contribution in [0.25, 0.3) is 0 Å². The van der Waals surface area contributed by atoms with Gasteiger partial charge >= 0.3 is 0 Å². The van der Waals surface area contributed by atoms with Crippen LogP contribution in [-0.4, -0.2) is 26.2 Å². The van der Waals surface area contributed by atoms with Crippen molar-refractivity contribution in [3.05, 3.63) is 0 Å². The lowest BCUT2D eigenvalue weighted by atomic mass is 10.4. The third-order valence-corrected chi connectivity index (χ3v) is 0.957. The average Bonchev–Trinajstić information content (AvgIpc) is 1.93. The highest BCUT2D eigenvalue weighted by atomic mass is 79.9. The van der Waals surface area contributed by atoms with E-state index in [1.807, 2.05) is 0 Å². The Hall–Kier alpha value is 0.360. The van der Waals surface area contributed by atoms with Crippen molar-refractivity contribution in [2.45, 2.75) is 20.3 Å². The molecule has 0 aromatic rings. The summed E-state index contributed by atoms with van der Waals surface area (Å²) in [5, 5.41) is 6.44. The fourth-order valence-electron chi connectivity index (χ4n) is 0.604. The largest absolute Gasteiger partial charge is 0.344 e. The fraction of sp³-hybridized carbons (Fsp3) is 1.00. The van der Waals surface area contributed by atoms with Crippen LogP contribution in [0.5, 0.6) is 0 Å². The van der Waals surface area contributed by atoms with E-state index in [0.717, 1.165) is 26.2 Å². The standard InChI is InChI=1S/C4H10N2.C3H8.BrH.H3N/c1-2-6-4-3-5-1;1-3-2;;/h5-6H,1-4H2;3H2,1-2H3;1H;1H3. The molecule has 72 valence electrons. The van der Waals surface area contributed by atoms with Crippen molar-refractivity contribution in [1.29, 1.82) is 0 Å². The summed E-state index contributed by atoms with van der Waals surface area (Å²) in [7, 11) is 0. The summed E-state index contributed by atoms with van der Waals surface area (Å²) >= 11 is 0. The van der Waals surface area contributed by atoms with Crippen molar-refractivity contribution >= 4 is 17.0 Å². The normalized spacial score (nSPS) is 14.7. The van der Waals surface area contributed by atoms with Crippen LogP contribution in [-0.2, 0) is 0 Å². The summed E-state index contributed by atoms with van der Waals surface area (Å²) in [6.07, 6.45) is 1.25. The van der Waals surface area contributed by atoms with E-state index in [-0.39, 0.29) is 23.1 Å². The number of hydrogen-bond acceptors (Lipinski definition) is 3. The van der Waals surface area contributed by atoms with Gasteiger partial charge < -0.3 is 16.8 Å².